The molecule has 104 valence electrons. The molecule has 0 aliphatic heterocycles. The molecule has 0 spiro atoms. The minimum absolute atomic E-state index is 0.0136. The van der Waals surface area contributed by atoms with Crippen LogP contribution in [0, 0.1) is 0 Å². The molecule has 1 unspecified atom stereocenters. The maximum atomic E-state index is 11.8. The molecule has 0 aromatic heterocycles. The van der Waals surface area contributed by atoms with Crippen molar-refractivity contribution in [3.8, 4) is 5.75 Å². The lowest BCUT2D eigenvalue weighted by atomic mass is 10.1. The second-order valence-electron chi connectivity index (χ2n) is 6.15. The predicted molar refractivity (Wildman–Crippen MR) is 75.1 cm³/mol. The van der Waals surface area contributed by atoms with Crippen LogP contribution in [0.15, 0.2) is 18.2 Å². The number of phenols is 1. The molecule has 19 heavy (non-hydrogen) atoms. The summed E-state index contributed by atoms with van der Waals surface area (Å²) in [4.78, 5) is 11.8. The second kappa shape index (κ2) is 5.21. The molecule has 3 N–H and O–H groups in total. The van der Waals surface area contributed by atoms with Crippen molar-refractivity contribution in [3.05, 3.63) is 29.3 Å². The lowest BCUT2D eigenvalue weighted by Gasteiger charge is -2.21. The molecule has 2 rings (SSSR count). The Balaban J connectivity index is 1.91. The van der Waals surface area contributed by atoms with Gasteiger partial charge in [-0.2, -0.15) is 0 Å². The summed E-state index contributed by atoms with van der Waals surface area (Å²) in [6.45, 7) is 6.23. The SMILES string of the molecule is CC(C)(C)NC(=O)CNC1CCc2cc(O)ccc21. The number of nitrogens with one attached hydrogen (secondary N) is 2. The zero-order valence-electron chi connectivity index (χ0n) is 11.8. The third kappa shape index (κ3) is 3.70. The molecule has 4 heteroatoms. The summed E-state index contributed by atoms with van der Waals surface area (Å²) in [5.74, 6) is 0.324. The summed E-state index contributed by atoms with van der Waals surface area (Å²) < 4.78 is 0. The molecule has 0 saturated heterocycles. The van der Waals surface area contributed by atoms with E-state index in [1.807, 2.05) is 32.9 Å². The fourth-order valence-corrected chi connectivity index (χ4v) is 2.49. The molecule has 0 saturated carbocycles. The number of rotatable bonds is 3. The van der Waals surface area contributed by atoms with Crippen molar-refractivity contribution in [2.75, 3.05) is 6.54 Å². The molecular weight excluding hydrogens is 240 g/mol. The molecule has 1 amide bonds. The van der Waals surface area contributed by atoms with E-state index in [1.165, 1.54) is 11.1 Å². The highest BCUT2D eigenvalue weighted by atomic mass is 16.3. The van der Waals surface area contributed by atoms with Gasteiger partial charge in [0.25, 0.3) is 0 Å². The summed E-state index contributed by atoms with van der Waals surface area (Å²) in [5.41, 5.74) is 2.17. The van der Waals surface area contributed by atoms with Crippen molar-refractivity contribution in [3.63, 3.8) is 0 Å². The van der Waals surface area contributed by atoms with Crippen LogP contribution in [0.5, 0.6) is 5.75 Å². The number of aryl methyl sites for hydroxylation is 1. The van der Waals surface area contributed by atoms with Crippen LogP contribution >= 0.6 is 0 Å². The van der Waals surface area contributed by atoms with Crippen LogP contribution in [-0.4, -0.2) is 23.1 Å². The first-order chi connectivity index (χ1) is 8.85. The maximum absolute atomic E-state index is 11.8. The Morgan fingerprint density at radius 2 is 2.16 bits per heavy atom. The van der Waals surface area contributed by atoms with Crippen LogP contribution < -0.4 is 10.6 Å². The van der Waals surface area contributed by atoms with Gasteiger partial charge < -0.3 is 15.7 Å². The Morgan fingerprint density at radius 3 is 2.84 bits per heavy atom. The summed E-state index contributed by atoms with van der Waals surface area (Å²) in [6.07, 6.45) is 1.92. The summed E-state index contributed by atoms with van der Waals surface area (Å²) in [6, 6.07) is 5.67. The smallest absolute Gasteiger partial charge is 0.234 e. The maximum Gasteiger partial charge on any atom is 0.234 e. The van der Waals surface area contributed by atoms with Gasteiger partial charge in [-0.05, 0) is 56.9 Å². The van der Waals surface area contributed by atoms with E-state index < -0.39 is 0 Å². The molecule has 0 fully saturated rings. The summed E-state index contributed by atoms with van der Waals surface area (Å²) in [7, 11) is 0. The van der Waals surface area contributed by atoms with Gasteiger partial charge in [0.2, 0.25) is 5.91 Å². The van der Waals surface area contributed by atoms with Gasteiger partial charge in [0.1, 0.15) is 5.75 Å². The van der Waals surface area contributed by atoms with E-state index in [4.69, 9.17) is 0 Å². The number of amides is 1. The van der Waals surface area contributed by atoms with Crippen molar-refractivity contribution in [1.29, 1.82) is 0 Å². The molecule has 1 aliphatic rings. The quantitative estimate of drug-likeness (QED) is 0.779. The molecule has 1 atom stereocenters. The van der Waals surface area contributed by atoms with Crippen LogP contribution in [0.2, 0.25) is 0 Å². The first kappa shape index (κ1) is 13.9. The third-order valence-corrected chi connectivity index (χ3v) is 3.23. The Kier molecular flexibility index (Phi) is 3.80. The standard InChI is InChI=1S/C15H22N2O2/c1-15(2,3)17-14(19)9-16-13-7-4-10-8-11(18)5-6-12(10)13/h5-6,8,13,16,18H,4,7,9H2,1-3H3,(H,17,19). The normalized spacial score (nSPS) is 18.2. The van der Waals surface area contributed by atoms with Crippen LogP contribution in [0.4, 0.5) is 0 Å². The predicted octanol–water partition coefficient (Wildman–Crippen LogP) is 1.88. The zero-order valence-corrected chi connectivity index (χ0v) is 11.8. The monoisotopic (exact) mass is 262 g/mol. The van der Waals surface area contributed by atoms with Crippen LogP contribution in [0.1, 0.15) is 44.4 Å². The Hall–Kier alpha value is -1.55. The first-order valence-corrected chi connectivity index (χ1v) is 6.71. The highest BCUT2D eigenvalue weighted by Gasteiger charge is 2.23. The average molecular weight is 262 g/mol. The molecule has 1 aliphatic carbocycles. The van der Waals surface area contributed by atoms with E-state index >= 15 is 0 Å². The number of hydrogen-bond donors (Lipinski definition) is 3. The van der Waals surface area contributed by atoms with Crippen LogP contribution in [0.25, 0.3) is 0 Å². The zero-order chi connectivity index (χ0) is 14.0. The minimum Gasteiger partial charge on any atom is -0.508 e. The van der Waals surface area contributed by atoms with Crippen molar-refractivity contribution in [2.45, 2.75) is 45.2 Å². The van der Waals surface area contributed by atoms with E-state index in [-0.39, 0.29) is 17.5 Å². The van der Waals surface area contributed by atoms with Gasteiger partial charge in [0.05, 0.1) is 6.54 Å². The van der Waals surface area contributed by atoms with Crippen LogP contribution in [-0.2, 0) is 11.2 Å². The molecule has 0 bridgehead atoms. The Bertz CT molecular complexity index is 478. The fourth-order valence-electron chi connectivity index (χ4n) is 2.49. The molecule has 4 nitrogen and oxygen atoms in total. The average Bonchev–Trinajstić information content (AvgIpc) is 2.66. The number of aromatic hydroxyl groups is 1. The summed E-state index contributed by atoms with van der Waals surface area (Å²) in [5, 5.41) is 15.7. The van der Waals surface area contributed by atoms with Gasteiger partial charge in [-0.3, -0.25) is 4.79 Å². The number of carbonyl (C=O) groups is 1. The topological polar surface area (TPSA) is 61.4 Å². The van der Waals surface area contributed by atoms with Gasteiger partial charge >= 0.3 is 0 Å². The van der Waals surface area contributed by atoms with Gasteiger partial charge in [0, 0.05) is 11.6 Å². The first-order valence-electron chi connectivity index (χ1n) is 6.71. The highest BCUT2D eigenvalue weighted by Crippen LogP contribution is 2.32. The van der Waals surface area contributed by atoms with Gasteiger partial charge in [-0.1, -0.05) is 6.07 Å². The Morgan fingerprint density at radius 1 is 1.42 bits per heavy atom. The number of carbonyl (C=O) groups excluding carboxylic acids is 1. The third-order valence-electron chi connectivity index (χ3n) is 3.23. The lowest BCUT2D eigenvalue weighted by Crippen LogP contribution is -2.45. The molecule has 0 radical (unpaired) electrons. The van der Waals surface area contributed by atoms with Gasteiger partial charge in [-0.25, -0.2) is 0 Å². The van der Waals surface area contributed by atoms with Gasteiger partial charge in [-0.15, -0.1) is 0 Å². The minimum atomic E-state index is -0.196. The number of phenolic OH excluding ortho intramolecular Hbond substituents is 1. The highest BCUT2D eigenvalue weighted by molar-refractivity contribution is 5.78. The molecule has 1 aromatic rings. The Labute approximate surface area is 114 Å². The fraction of sp³-hybridized carbons (Fsp3) is 0.533. The molecular formula is C15H22N2O2. The summed E-state index contributed by atoms with van der Waals surface area (Å²) >= 11 is 0. The van der Waals surface area contributed by atoms with Crippen molar-refractivity contribution >= 4 is 5.91 Å². The van der Waals surface area contributed by atoms with Crippen molar-refractivity contribution in [1.82, 2.24) is 10.6 Å². The molecule has 1 aromatic carbocycles. The molecule has 0 heterocycles. The largest absolute Gasteiger partial charge is 0.508 e. The van der Waals surface area contributed by atoms with Gasteiger partial charge in [0.15, 0.2) is 0 Å². The van der Waals surface area contributed by atoms with E-state index in [2.05, 4.69) is 10.6 Å². The van der Waals surface area contributed by atoms with E-state index in [1.54, 1.807) is 6.07 Å². The number of benzene rings is 1. The second-order valence-corrected chi connectivity index (χ2v) is 6.15. The van der Waals surface area contributed by atoms with Crippen molar-refractivity contribution in [2.24, 2.45) is 0 Å². The number of fused-ring (bicyclic) bond motifs is 1. The van der Waals surface area contributed by atoms with Crippen LogP contribution in [0.3, 0.4) is 0 Å². The van der Waals surface area contributed by atoms with E-state index in [0.717, 1.165) is 12.8 Å². The number of hydrogen-bond acceptors (Lipinski definition) is 3. The van der Waals surface area contributed by atoms with Crippen molar-refractivity contribution < 1.29 is 9.90 Å². The lowest BCUT2D eigenvalue weighted by molar-refractivity contribution is -0.121. The van der Waals surface area contributed by atoms with E-state index in [0.29, 0.717) is 12.3 Å². The van der Waals surface area contributed by atoms with E-state index in [9.17, 15) is 9.90 Å².